The fraction of sp³-hybridized carbons (Fsp3) is 0.231. The van der Waals surface area contributed by atoms with Crippen LogP contribution in [0.2, 0.25) is 0 Å². The summed E-state index contributed by atoms with van der Waals surface area (Å²) in [6.07, 6.45) is 1.51. The van der Waals surface area contributed by atoms with Crippen molar-refractivity contribution < 1.29 is 4.39 Å². The van der Waals surface area contributed by atoms with E-state index in [2.05, 4.69) is 15.9 Å². The van der Waals surface area contributed by atoms with E-state index in [1.807, 2.05) is 17.5 Å². The molecule has 1 atom stereocenters. The summed E-state index contributed by atoms with van der Waals surface area (Å²) >= 11 is 5.18. The Labute approximate surface area is 113 Å². The highest BCUT2D eigenvalue weighted by atomic mass is 79.9. The molecule has 1 aromatic heterocycles. The molecule has 0 saturated carbocycles. The van der Waals surface area contributed by atoms with E-state index < -0.39 is 0 Å². The Kier molecular flexibility index (Phi) is 4.31. The van der Waals surface area contributed by atoms with E-state index in [1.54, 1.807) is 23.5 Å². The minimum absolute atomic E-state index is 0.0201. The molecule has 1 aromatic carbocycles. The molecule has 90 valence electrons. The van der Waals surface area contributed by atoms with Gasteiger partial charge < -0.3 is 5.73 Å². The van der Waals surface area contributed by atoms with E-state index in [1.165, 1.54) is 10.9 Å². The number of halogens is 2. The van der Waals surface area contributed by atoms with Crippen molar-refractivity contribution in [1.29, 1.82) is 0 Å². The standard InChI is InChI=1S/C13H13BrFNS/c14-12-4-5-17-13(12)8-11(16)7-9-2-1-3-10(15)6-9/h1-6,11H,7-8,16H2. The van der Waals surface area contributed by atoms with Crippen LogP contribution in [0.25, 0.3) is 0 Å². The summed E-state index contributed by atoms with van der Waals surface area (Å²) < 4.78 is 14.1. The van der Waals surface area contributed by atoms with Gasteiger partial charge in [-0.05, 0) is 57.9 Å². The maximum atomic E-state index is 13.0. The van der Waals surface area contributed by atoms with Crippen LogP contribution >= 0.6 is 27.3 Å². The Bertz CT molecular complexity index is 498. The van der Waals surface area contributed by atoms with E-state index in [0.29, 0.717) is 6.42 Å². The van der Waals surface area contributed by atoms with Crippen LogP contribution in [0.4, 0.5) is 4.39 Å². The van der Waals surface area contributed by atoms with Crippen molar-refractivity contribution in [2.75, 3.05) is 0 Å². The van der Waals surface area contributed by atoms with Gasteiger partial charge in [0.25, 0.3) is 0 Å². The largest absolute Gasteiger partial charge is 0.327 e. The van der Waals surface area contributed by atoms with E-state index in [9.17, 15) is 4.39 Å². The van der Waals surface area contributed by atoms with Crippen LogP contribution < -0.4 is 5.73 Å². The molecule has 0 amide bonds. The molecule has 0 aliphatic rings. The van der Waals surface area contributed by atoms with Crippen LogP contribution in [0.1, 0.15) is 10.4 Å². The van der Waals surface area contributed by atoms with E-state index >= 15 is 0 Å². The van der Waals surface area contributed by atoms with Crippen LogP contribution in [0.5, 0.6) is 0 Å². The topological polar surface area (TPSA) is 26.0 Å². The molecule has 0 aliphatic heterocycles. The molecule has 2 rings (SSSR count). The smallest absolute Gasteiger partial charge is 0.123 e. The Balaban J connectivity index is 1.98. The van der Waals surface area contributed by atoms with Gasteiger partial charge in [-0.3, -0.25) is 0 Å². The van der Waals surface area contributed by atoms with E-state index in [-0.39, 0.29) is 11.9 Å². The van der Waals surface area contributed by atoms with Crippen molar-refractivity contribution in [3.05, 3.63) is 56.4 Å². The summed E-state index contributed by atoms with van der Waals surface area (Å²) in [4.78, 5) is 1.24. The number of hydrogen-bond donors (Lipinski definition) is 1. The maximum absolute atomic E-state index is 13.0. The van der Waals surface area contributed by atoms with Crippen molar-refractivity contribution >= 4 is 27.3 Å². The van der Waals surface area contributed by atoms with E-state index in [4.69, 9.17) is 5.73 Å². The molecule has 0 radical (unpaired) electrons. The SMILES string of the molecule is NC(Cc1cccc(F)c1)Cc1sccc1Br. The highest BCUT2D eigenvalue weighted by molar-refractivity contribution is 9.10. The minimum Gasteiger partial charge on any atom is -0.327 e. The molecular formula is C13H13BrFNS. The summed E-state index contributed by atoms with van der Waals surface area (Å²) in [7, 11) is 0. The van der Waals surface area contributed by atoms with Crippen molar-refractivity contribution in [3.8, 4) is 0 Å². The zero-order valence-electron chi connectivity index (χ0n) is 9.20. The lowest BCUT2D eigenvalue weighted by atomic mass is 10.0. The average molecular weight is 314 g/mol. The molecule has 2 N–H and O–H groups in total. The normalized spacial score (nSPS) is 12.6. The number of thiophene rings is 1. The second kappa shape index (κ2) is 5.76. The van der Waals surface area contributed by atoms with Gasteiger partial charge in [0.15, 0.2) is 0 Å². The molecule has 2 aromatic rings. The predicted molar refractivity (Wildman–Crippen MR) is 73.8 cm³/mol. The minimum atomic E-state index is -0.202. The Morgan fingerprint density at radius 3 is 2.76 bits per heavy atom. The lowest BCUT2D eigenvalue weighted by molar-refractivity contribution is 0.618. The fourth-order valence-corrected chi connectivity index (χ4v) is 3.36. The molecular weight excluding hydrogens is 301 g/mol. The predicted octanol–water partition coefficient (Wildman–Crippen LogP) is 3.76. The highest BCUT2D eigenvalue weighted by Crippen LogP contribution is 2.24. The van der Waals surface area contributed by atoms with Crippen molar-refractivity contribution in [2.24, 2.45) is 5.73 Å². The van der Waals surface area contributed by atoms with Gasteiger partial charge in [-0.15, -0.1) is 11.3 Å². The van der Waals surface area contributed by atoms with Crippen LogP contribution in [0.15, 0.2) is 40.2 Å². The van der Waals surface area contributed by atoms with Gasteiger partial charge in [-0.1, -0.05) is 12.1 Å². The number of hydrogen-bond acceptors (Lipinski definition) is 2. The number of nitrogens with two attached hydrogens (primary N) is 1. The molecule has 0 saturated heterocycles. The van der Waals surface area contributed by atoms with Crippen LogP contribution in [0.3, 0.4) is 0 Å². The summed E-state index contributed by atoms with van der Waals surface area (Å²) in [6, 6.07) is 8.67. The first-order chi connectivity index (χ1) is 8.15. The van der Waals surface area contributed by atoms with Crippen LogP contribution in [-0.2, 0) is 12.8 Å². The molecule has 0 spiro atoms. The maximum Gasteiger partial charge on any atom is 0.123 e. The first-order valence-corrected chi connectivity index (χ1v) is 7.04. The molecule has 0 bridgehead atoms. The Morgan fingerprint density at radius 1 is 1.29 bits per heavy atom. The second-order valence-corrected chi connectivity index (χ2v) is 5.84. The van der Waals surface area contributed by atoms with Gasteiger partial charge in [0, 0.05) is 15.4 Å². The van der Waals surface area contributed by atoms with Crippen molar-refractivity contribution in [1.82, 2.24) is 0 Å². The number of benzene rings is 1. The molecule has 1 unspecified atom stereocenters. The first kappa shape index (κ1) is 12.7. The van der Waals surface area contributed by atoms with E-state index in [0.717, 1.165) is 16.5 Å². The molecule has 4 heteroatoms. The molecule has 1 nitrogen and oxygen atoms in total. The zero-order valence-corrected chi connectivity index (χ0v) is 11.6. The Morgan fingerprint density at radius 2 is 2.12 bits per heavy atom. The summed E-state index contributed by atoms with van der Waals surface area (Å²) in [5.41, 5.74) is 7.03. The highest BCUT2D eigenvalue weighted by Gasteiger charge is 2.09. The summed E-state index contributed by atoms with van der Waals surface area (Å²) in [5.74, 6) is -0.202. The first-order valence-electron chi connectivity index (χ1n) is 5.37. The van der Waals surface area contributed by atoms with Gasteiger partial charge in [-0.25, -0.2) is 4.39 Å². The third kappa shape index (κ3) is 3.63. The number of rotatable bonds is 4. The average Bonchev–Trinajstić information content (AvgIpc) is 2.64. The fourth-order valence-electron chi connectivity index (χ4n) is 1.75. The van der Waals surface area contributed by atoms with Gasteiger partial charge in [0.05, 0.1) is 0 Å². The summed E-state index contributed by atoms with van der Waals surface area (Å²) in [5, 5.41) is 2.04. The molecule has 0 fully saturated rings. The van der Waals surface area contributed by atoms with Gasteiger partial charge in [0.2, 0.25) is 0 Å². The monoisotopic (exact) mass is 313 g/mol. The third-order valence-corrected chi connectivity index (χ3v) is 4.47. The molecule has 0 aliphatic carbocycles. The van der Waals surface area contributed by atoms with Crippen LogP contribution in [-0.4, -0.2) is 6.04 Å². The van der Waals surface area contributed by atoms with Crippen molar-refractivity contribution in [3.63, 3.8) is 0 Å². The quantitative estimate of drug-likeness (QED) is 0.913. The van der Waals surface area contributed by atoms with Gasteiger partial charge in [-0.2, -0.15) is 0 Å². The lowest BCUT2D eigenvalue weighted by Gasteiger charge is -2.11. The zero-order chi connectivity index (χ0) is 12.3. The van der Waals surface area contributed by atoms with Crippen molar-refractivity contribution in [2.45, 2.75) is 18.9 Å². The molecule has 1 heterocycles. The summed E-state index contributed by atoms with van der Waals surface area (Å²) in [6.45, 7) is 0. The van der Waals surface area contributed by atoms with Gasteiger partial charge in [0.1, 0.15) is 5.82 Å². The molecule has 17 heavy (non-hydrogen) atoms. The third-order valence-electron chi connectivity index (χ3n) is 2.53. The van der Waals surface area contributed by atoms with Crippen LogP contribution in [0, 0.1) is 5.82 Å². The van der Waals surface area contributed by atoms with Gasteiger partial charge >= 0.3 is 0 Å². The Hall–Kier alpha value is -0.710. The lowest BCUT2D eigenvalue weighted by Crippen LogP contribution is -2.25. The second-order valence-electron chi connectivity index (χ2n) is 3.99.